The molecule has 13 heavy (non-hydrogen) atoms. The van der Waals surface area contributed by atoms with Crippen LogP contribution in [0.2, 0.25) is 0 Å². The van der Waals surface area contributed by atoms with Crippen LogP contribution in [0.5, 0.6) is 0 Å². The maximum atomic E-state index is 10.7. The van der Waals surface area contributed by atoms with E-state index in [4.69, 9.17) is 4.74 Å². The van der Waals surface area contributed by atoms with Crippen molar-refractivity contribution in [2.24, 2.45) is 0 Å². The predicted octanol–water partition coefficient (Wildman–Crippen LogP) is 1.60. The molecule has 0 bridgehead atoms. The summed E-state index contributed by atoms with van der Waals surface area (Å²) < 4.78 is 10.1. The average molecular weight is 190 g/mol. The van der Waals surface area contributed by atoms with Gasteiger partial charge in [-0.15, -0.1) is 0 Å². The number of rotatable bonds is 2. The van der Waals surface area contributed by atoms with E-state index in [0.717, 1.165) is 17.6 Å². The van der Waals surface area contributed by atoms with Crippen LogP contribution in [0.25, 0.3) is 0 Å². The number of carbonyl (C=O) groups is 1. The Labute approximate surface area is 80.0 Å². The fourth-order valence-electron chi connectivity index (χ4n) is 1.50. The van der Waals surface area contributed by atoms with Crippen LogP contribution < -0.4 is 0 Å². The Morgan fingerprint density at radius 1 is 1.38 bits per heavy atom. The van der Waals surface area contributed by atoms with E-state index < -0.39 is 6.16 Å². The zero-order chi connectivity index (χ0) is 9.03. The SMILES string of the molecule is C.COC(=O)OC[N+]1(C)CCCC1. The largest absolute Gasteiger partial charge is 0.512 e. The first-order valence-corrected chi connectivity index (χ1v) is 4.21. The smallest absolute Gasteiger partial charge is 0.437 e. The predicted molar refractivity (Wildman–Crippen MR) is 50.2 cm³/mol. The first-order valence-electron chi connectivity index (χ1n) is 4.21. The van der Waals surface area contributed by atoms with E-state index in [-0.39, 0.29) is 7.43 Å². The molecule has 0 saturated carbocycles. The van der Waals surface area contributed by atoms with Crippen molar-refractivity contribution in [1.29, 1.82) is 0 Å². The molecule has 1 fully saturated rings. The van der Waals surface area contributed by atoms with Crippen LogP contribution in [0.4, 0.5) is 4.79 Å². The van der Waals surface area contributed by atoms with E-state index in [1.54, 1.807) is 0 Å². The van der Waals surface area contributed by atoms with Crippen molar-refractivity contribution in [2.75, 3.05) is 34.0 Å². The van der Waals surface area contributed by atoms with Gasteiger partial charge in [0.1, 0.15) is 0 Å². The summed E-state index contributed by atoms with van der Waals surface area (Å²) in [6, 6.07) is 0. The summed E-state index contributed by atoms with van der Waals surface area (Å²) in [6.45, 7) is 2.63. The minimum atomic E-state index is -0.582. The number of nitrogens with zero attached hydrogens (tertiary/aromatic N) is 1. The fourth-order valence-corrected chi connectivity index (χ4v) is 1.50. The molecule has 0 N–H and O–H groups in total. The van der Waals surface area contributed by atoms with Gasteiger partial charge in [-0.3, -0.25) is 4.48 Å². The van der Waals surface area contributed by atoms with Crippen molar-refractivity contribution < 1.29 is 18.8 Å². The van der Waals surface area contributed by atoms with Crippen molar-refractivity contribution in [2.45, 2.75) is 20.3 Å². The van der Waals surface area contributed by atoms with Crippen molar-refractivity contribution >= 4 is 6.16 Å². The van der Waals surface area contributed by atoms with Gasteiger partial charge >= 0.3 is 6.16 Å². The Bertz CT molecular complexity index is 164. The lowest BCUT2D eigenvalue weighted by Crippen LogP contribution is -2.43. The van der Waals surface area contributed by atoms with Crippen LogP contribution in [-0.4, -0.2) is 44.6 Å². The molecule has 78 valence electrons. The number of quaternary nitrogens is 1. The minimum absolute atomic E-state index is 0. The van der Waals surface area contributed by atoms with Crippen LogP contribution in [0.3, 0.4) is 0 Å². The molecule has 0 amide bonds. The Balaban J connectivity index is 0.00000144. The molecule has 1 aliphatic rings. The third kappa shape index (κ3) is 3.63. The van der Waals surface area contributed by atoms with Gasteiger partial charge in [-0.2, -0.15) is 0 Å². The molecule has 0 aromatic carbocycles. The van der Waals surface area contributed by atoms with Gasteiger partial charge in [0, 0.05) is 12.8 Å². The molecule has 0 aromatic rings. The van der Waals surface area contributed by atoms with Gasteiger partial charge in [-0.25, -0.2) is 4.79 Å². The van der Waals surface area contributed by atoms with Gasteiger partial charge in [0.05, 0.1) is 27.2 Å². The lowest BCUT2D eigenvalue weighted by atomic mass is 10.4. The molecule has 0 spiro atoms. The summed E-state index contributed by atoms with van der Waals surface area (Å²) in [5.41, 5.74) is 0. The van der Waals surface area contributed by atoms with Crippen molar-refractivity contribution in [3.63, 3.8) is 0 Å². The zero-order valence-corrected chi connectivity index (χ0v) is 7.71. The van der Waals surface area contributed by atoms with Gasteiger partial charge in [0.15, 0.2) is 0 Å². The Kier molecular flexibility index (Phi) is 4.77. The Hall–Kier alpha value is -0.770. The molecule has 0 radical (unpaired) electrons. The lowest BCUT2D eigenvalue weighted by Gasteiger charge is -2.27. The molecule has 4 nitrogen and oxygen atoms in total. The summed E-state index contributed by atoms with van der Waals surface area (Å²) in [7, 11) is 3.42. The van der Waals surface area contributed by atoms with E-state index in [0.29, 0.717) is 6.73 Å². The van der Waals surface area contributed by atoms with Gasteiger partial charge in [-0.05, 0) is 0 Å². The summed E-state index contributed by atoms with van der Waals surface area (Å²) in [5.74, 6) is 0. The number of methoxy groups -OCH3 is 1. The number of hydrogen-bond acceptors (Lipinski definition) is 3. The van der Waals surface area contributed by atoms with Crippen LogP contribution in [-0.2, 0) is 9.47 Å². The summed E-state index contributed by atoms with van der Waals surface area (Å²) in [4.78, 5) is 10.7. The third-order valence-electron chi connectivity index (χ3n) is 2.31. The minimum Gasteiger partial charge on any atom is -0.437 e. The maximum Gasteiger partial charge on any atom is 0.512 e. The third-order valence-corrected chi connectivity index (χ3v) is 2.31. The molecule has 1 heterocycles. The van der Waals surface area contributed by atoms with Crippen molar-refractivity contribution in [1.82, 2.24) is 0 Å². The fraction of sp³-hybridized carbons (Fsp3) is 0.889. The molecule has 1 saturated heterocycles. The second-order valence-corrected chi connectivity index (χ2v) is 3.50. The van der Waals surface area contributed by atoms with Gasteiger partial charge in [0.2, 0.25) is 6.73 Å². The Morgan fingerprint density at radius 3 is 2.38 bits per heavy atom. The van der Waals surface area contributed by atoms with Crippen LogP contribution in [0, 0.1) is 0 Å². The first-order chi connectivity index (χ1) is 5.66. The quantitative estimate of drug-likeness (QED) is 0.490. The van der Waals surface area contributed by atoms with Crippen molar-refractivity contribution in [3.8, 4) is 0 Å². The number of ether oxygens (including phenoxy) is 2. The van der Waals surface area contributed by atoms with Gasteiger partial charge in [-0.1, -0.05) is 7.43 Å². The second kappa shape index (κ2) is 5.07. The van der Waals surface area contributed by atoms with E-state index in [1.807, 2.05) is 0 Å². The number of hydrogen-bond donors (Lipinski definition) is 0. The number of carbonyl (C=O) groups excluding carboxylic acids is 1. The highest BCUT2D eigenvalue weighted by Crippen LogP contribution is 2.15. The molecule has 4 heteroatoms. The molecule has 0 aliphatic carbocycles. The van der Waals surface area contributed by atoms with Crippen LogP contribution in [0.15, 0.2) is 0 Å². The first kappa shape index (κ1) is 12.2. The molecule has 1 aliphatic heterocycles. The maximum absolute atomic E-state index is 10.7. The zero-order valence-electron chi connectivity index (χ0n) is 7.71. The van der Waals surface area contributed by atoms with Crippen molar-refractivity contribution in [3.05, 3.63) is 0 Å². The van der Waals surface area contributed by atoms with Crippen LogP contribution >= 0.6 is 0 Å². The highest BCUT2D eigenvalue weighted by atomic mass is 16.7. The summed E-state index contributed by atoms with van der Waals surface area (Å²) in [5, 5.41) is 0. The van der Waals surface area contributed by atoms with Gasteiger partial charge < -0.3 is 9.47 Å². The second-order valence-electron chi connectivity index (χ2n) is 3.50. The molecule has 0 aromatic heterocycles. The Morgan fingerprint density at radius 2 is 1.92 bits per heavy atom. The highest BCUT2D eigenvalue weighted by Gasteiger charge is 2.28. The summed E-state index contributed by atoms with van der Waals surface area (Å²) >= 11 is 0. The molecule has 0 atom stereocenters. The molecule has 1 rings (SSSR count). The van der Waals surface area contributed by atoms with E-state index >= 15 is 0 Å². The van der Waals surface area contributed by atoms with Gasteiger partial charge in [0.25, 0.3) is 0 Å². The molecule has 0 unspecified atom stereocenters. The van der Waals surface area contributed by atoms with E-state index in [9.17, 15) is 4.79 Å². The summed E-state index contributed by atoms with van der Waals surface area (Å²) in [6.07, 6.45) is 1.86. The monoisotopic (exact) mass is 190 g/mol. The normalized spacial score (nSPS) is 18.9. The molecular formula is C9H20NO3+. The standard InChI is InChI=1S/C8H16NO3.CH4/c1-9(5-3-4-6-9)7-12-8(10)11-2;/h3-7H2,1-2H3;1H4/q+1;. The van der Waals surface area contributed by atoms with E-state index in [1.165, 1.54) is 20.0 Å². The lowest BCUT2D eigenvalue weighted by molar-refractivity contribution is -0.914. The van der Waals surface area contributed by atoms with E-state index in [2.05, 4.69) is 11.8 Å². The highest BCUT2D eigenvalue weighted by molar-refractivity contribution is 5.59. The molecular weight excluding hydrogens is 170 g/mol. The number of likely N-dealkylation sites (tertiary alicyclic amines) is 1. The topological polar surface area (TPSA) is 35.5 Å². The van der Waals surface area contributed by atoms with Crippen LogP contribution in [0.1, 0.15) is 20.3 Å². The average Bonchev–Trinajstić information content (AvgIpc) is 2.49.